The number of amides is 1. The molecule has 0 unspecified atom stereocenters. The van der Waals surface area contributed by atoms with Crippen molar-refractivity contribution in [2.75, 3.05) is 11.9 Å². The van der Waals surface area contributed by atoms with Gasteiger partial charge in [-0.3, -0.25) is 9.59 Å². The molecule has 0 aromatic heterocycles. The highest BCUT2D eigenvalue weighted by atomic mass is 35.5. The zero-order valence-corrected chi connectivity index (χ0v) is 18.0. The third kappa shape index (κ3) is 5.49. The summed E-state index contributed by atoms with van der Waals surface area (Å²) in [5.74, 6) is 0.00451. The summed E-state index contributed by atoms with van der Waals surface area (Å²) in [5, 5.41) is 3.19. The van der Waals surface area contributed by atoms with E-state index in [4.69, 9.17) is 16.3 Å². The van der Waals surface area contributed by atoms with Crippen LogP contribution in [0.15, 0.2) is 72.8 Å². The first-order valence-electron chi connectivity index (χ1n) is 9.66. The van der Waals surface area contributed by atoms with Crippen LogP contribution in [0.4, 0.5) is 5.69 Å². The zero-order valence-electron chi connectivity index (χ0n) is 17.2. The molecule has 0 aliphatic rings. The Kier molecular flexibility index (Phi) is 6.58. The van der Waals surface area contributed by atoms with Crippen molar-refractivity contribution in [1.82, 2.24) is 0 Å². The fraction of sp³-hybridized carbons (Fsp3) is 0.200. The summed E-state index contributed by atoms with van der Waals surface area (Å²) < 4.78 is 5.45. The van der Waals surface area contributed by atoms with Crippen LogP contribution in [0.3, 0.4) is 0 Å². The van der Waals surface area contributed by atoms with Crippen LogP contribution in [-0.4, -0.2) is 18.3 Å². The maximum Gasteiger partial charge on any atom is 0.262 e. The summed E-state index contributed by atoms with van der Waals surface area (Å²) in [7, 11) is 0. The lowest BCUT2D eigenvalue weighted by atomic mass is 9.86. The zero-order chi connectivity index (χ0) is 21.7. The predicted molar refractivity (Wildman–Crippen MR) is 121 cm³/mol. The van der Waals surface area contributed by atoms with Gasteiger partial charge in [-0.15, -0.1) is 0 Å². The number of hydrogen-bond acceptors (Lipinski definition) is 3. The summed E-state index contributed by atoms with van der Waals surface area (Å²) in [6.45, 7) is 6.21. The Morgan fingerprint density at radius 2 is 1.60 bits per heavy atom. The third-order valence-corrected chi connectivity index (χ3v) is 4.93. The lowest BCUT2D eigenvalue weighted by molar-refractivity contribution is -0.118. The minimum Gasteiger partial charge on any atom is -0.482 e. The second-order valence-electron chi connectivity index (χ2n) is 8.00. The Morgan fingerprint density at radius 1 is 0.900 bits per heavy atom. The quantitative estimate of drug-likeness (QED) is 0.505. The van der Waals surface area contributed by atoms with Gasteiger partial charge in [-0.25, -0.2) is 0 Å². The topological polar surface area (TPSA) is 55.4 Å². The summed E-state index contributed by atoms with van der Waals surface area (Å²) in [6.07, 6.45) is 0. The number of nitrogens with one attached hydrogen (secondary N) is 1. The van der Waals surface area contributed by atoms with Crippen molar-refractivity contribution >= 4 is 29.0 Å². The Hall–Kier alpha value is -3.11. The Labute approximate surface area is 181 Å². The fourth-order valence-electron chi connectivity index (χ4n) is 2.93. The molecule has 4 nitrogen and oxygen atoms in total. The van der Waals surface area contributed by atoms with E-state index < -0.39 is 0 Å². The number of para-hydroxylation sites is 1. The van der Waals surface area contributed by atoms with Gasteiger partial charge in [-0.1, -0.05) is 80.9 Å². The van der Waals surface area contributed by atoms with Crippen molar-refractivity contribution in [3.63, 3.8) is 0 Å². The van der Waals surface area contributed by atoms with E-state index in [9.17, 15) is 9.59 Å². The van der Waals surface area contributed by atoms with Gasteiger partial charge in [-0.2, -0.15) is 0 Å². The first kappa shape index (κ1) is 21.6. The number of rotatable bonds is 6. The number of ketones is 1. The van der Waals surface area contributed by atoms with E-state index in [1.165, 1.54) is 5.56 Å². The number of halogens is 1. The van der Waals surface area contributed by atoms with Crippen molar-refractivity contribution in [2.45, 2.75) is 26.2 Å². The van der Waals surface area contributed by atoms with Crippen molar-refractivity contribution in [2.24, 2.45) is 0 Å². The van der Waals surface area contributed by atoms with E-state index in [1.54, 1.807) is 48.5 Å². The smallest absolute Gasteiger partial charge is 0.262 e. The Balaban J connectivity index is 1.66. The molecule has 3 aromatic carbocycles. The van der Waals surface area contributed by atoms with Crippen molar-refractivity contribution in [1.29, 1.82) is 0 Å². The van der Waals surface area contributed by atoms with Crippen LogP contribution >= 0.6 is 11.6 Å². The van der Waals surface area contributed by atoms with Crippen LogP contribution in [0.25, 0.3) is 0 Å². The number of anilines is 1. The molecule has 30 heavy (non-hydrogen) atoms. The van der Waals surface area contributed by atoms with E-state index in [0.717, 1.165) is 0 Å². The molecule has 0 atom stereocenters. The molecule has 0 saturated carbocycles. The average Bonchev–Trinajstić information content (AvgIpc) is 2.72. The van der Waals surface area contributed by atoms with Crippen LogP contribution < -0.4 is 10.1 Å². The van der Waals surface area contributed by atoms with E-state index in [2.05, 4.69) is 26.1 Å². The van der Waals surface area contributed by atoms with Gasteiger partial charge < -0.3 is 10.1 Å². The van der Waals surface area contributed by atoms with Gasteiger partial charge in [0.2, 0.25) is 0 Å². The minimum atomic E-state index is -0.339. The second-order valence-corrected chi connectivity index (χ2v) is 8.41. The maximum atomic E-state index is 12.8. The molecule has 0 radical (unpaired) electrons. The molecule has 1 N–H and O–H groups in total. The van der Waals surface area contributed by atoms with Crippen molar-refractivity contribution in [3.8, 4) is 5.75 Å². The standard InChI is InChI=1S/C25H24ClNO3/c1-25(2,3)19-13-11-17(12-14-19)24(29)18-7-6-8-20(15-18)27-23(28)16-30-22-10-5-4-9-21(22)26/h4-15H,16H2,1-3H3,(H,27,28). The summed E-state index contributed by atoms with van der Waals surface area (Å²) in [6, 6.07) is 21.4. The van der Waals surface area contributed by atoms with Crippen LogP contribution in [-0.2, 0) is 10.2 Å². The van der Waals surface area contributed by atoms with E-state index in [-0.39, 0.29) is 23.7 Å². The molecule has 154 valence electrons. The highest BCUT2D eigenvalue weighted by Gasteiger charge is 2.15. The predicted octanol–water partition coefficient (Wildman–Crippen LogP) is 5.89. The monoisotopic (exact) mass is 421 g/mol. The van der Waals surface area contributed by atoms with Crippen LogP contribution in [0, 0.1) is 0 Å². The van der Waals surface area contributed by atoms with Gasteiger partial charge >= 0.3 is 0 Å². The number of hydrogen-bond donors (Lipinski definition) is 1. The first-order chi connectivity index (χ1) is 14.2. The Morgan fingerprint density at radius 3 is 2.27 bits per heavy atom. The number of carbonyl (C=O) groups is 2. The molecule has 0 bridgehead atoms. The van der Waals surface area contributed by atoms with Gasteiger partial charge in [0.25, 0.3) is 5.91 Å². The molecule has 0 heterocycles. The van der Waals surface area contributed by atoms with Gasteiger partial charge in [-0.05, 0) is 35.2 Å². The summed E-state index contributed by atoms with van der Waals surface area (Å²) >= 11 is 6.02. The van der Waals surface area contributed by atoms with E-state index in [1.807, 2.05) is 24.3 Å². The lowest BCUT2D eigenvalue weighted by Gasteiger charge is -2.19. The molecular formula is C25H24ClNO3. The molecule has 1 amide bonds. The summed E-state index contributed by atoms with van der Waals surface area (Å²) in [5.41, 5.74) is 2.83. The number of ether oxygens (including phenoxy) is 1. The van der Waals surface area contributed by atoms with Crippen molar-refractivity contribution < 1.29 is 14.3 Å². The molecular weight excluding hydrogens is 398 g/mol. The molecule has 0 spiro atoms. The Bertz CT molecular complexity index is 1050. The summed E-state index contributed by atoms with van der Waals surface area (Å²) in [4.78, 5) is 25.1. The average molecular weight is 422 g/mol. The molecule has 0 aliphatic heterocycles. The first-order valence-corrected chi connectivity index (χ1v) is 10.0. The highest BCUT2D eigenvalue weighted by Crippen LogP contribution is 2.24. The van der Waals surface area contributed by atoms with Gasteiger partial charge in [0.05, 0.1) is 5.02 Å². The van der Waals surface area contributed by atoms with Crippen LogP contribution in [0.5, 0.6) is 5.75 Å². The number of carbonyl (C=O) groups excluding carboxylic acids is 2. The van der Waals surface area contributed by atoms with E-state index >= 15 is 0 Å². The van der Waals surface area contributed by atoms with Gasteiger partial charge in [0, 0.05) is 16.8 Å². The van der Waals surface area contributed by atoms with Crippen molar-refractivity contribution in [3.05, 3.63) is 94.5 Å². The maximum absolute atomic E-state index is 12.8. The molecule has 3 rings (SSSR count). The highest BCUT2D eigenvalue weighted by molar-refractivity contribution is 6.32. The normalized spacial score (nSPS) is 11.1. The molecule has 0 saturated heterocycles. The van der Waals surface area contributed by atoms with Gasteiger partial charge in [0.15, 0.2) is 12.4 Å². The van der Waals surface area contributed by atoms with Gasteiger partial charge in [0.1, 0.15) is 5.75 Å². The van der Waals surface area contributed by atoms with Crippen LogP contribution in [0.1, 0.15) is 42.3 Å². The van der Waals surface area contributed by atoms with E-state index in [0.29, 0.717) is 27.6 Å². The molecule has 0 aliphatic carbocycles. The number of benzene rings is 3. The molecule has 5 heteroatoms. The minimum absolute atomic E-state index is 0.0256. The lowest BCUT2D eigenvalue weighted by Crippen LogP contribution is -2.20. The largest absolute Gasteiger partial charge is 0.482 e. The fourth-order valence-corrected chi connectivity index (χ4v) is 3.12. The molecule has 3 aromatic rings. The SMILES string of the molecule is CC(C)(C)c1ccc(C(=O)c2cccc(NC(=O)COc3ccccc3Cl)c2)cc1. The van der Waals surface area contributed by atoms with Crippen LogP contribution in [0.2, 0.25) is 5.02 Å². The third-order valence-electron chi connectivity index (χ3n) is 4.62. The second kappa shape index (κ2) is 9.14. The molecule has 0 fully saturated rings.